The van der Waals surface area contributed by atoms with Crippen LogP contribution < -0.4 is 10.9 Å². The van der Waals surface area contributed by atoms with Gasteiger partial charge < -0.3 is 14.8 Å². The van der Waals surface area contributed by atoms with Crippen LogP contribution in [0.2, 0.25) is 0 Å². The predicted molar refractivity (Wildman–Crippen MR) is 87.7 cm³/mol. The minimum atomic E-state index is -4.52. The first kappa shape index (κ1) is 18.0. The molecule has 0 radical (unpaired) electrons. The molecule has 1 fully saturated rings. The molecule has 1 aliphatic heterocycles. The molecule has 2 amide bonds. The summed E-state index contributed by atoms with van der Waals surface area (Å²) in [6.07, 6.45) is 2.37. The lowest BCUT2D eigenvalue weighted by molar-refractivity contribution is -0.141. The number of carbonyl (C=O) groups excluding carboxylic acids is 1. The molecule has 0 aliphatic carbocycles. The summed E-state index contributed by atoms with van der Waals surface area (Å²) in [5.74, 6) is 0. The van der Waals surface area contributed by atoms with Gasteiger partial charge in [-0.15, -0.1) is 0 Å². The molecule has 2 aromatic heterocycles. The molecule has 0 bridgehead atoms. The van der Waals surface area contributed by atoms with E-state index in [0.29, 0.717) is 11.1 Å². The van der Waals surface area contributed by atoms with Gasteiger partial charge >= 0.3 is 12.2 Å². The average molecular weight is 369 g/mol. The summed E-state index contributed by atoms with van der Waals surface area (Å²) in [7, 11) is 0. The lowest BCUT2D eigenvalue weighted by Crippen LogP contribution is -2.42. The van der Waals surface area contributed by atoms with Crippen molar-refractivity contribution in [2.75, 3.05) is 11.9 Å². The second-order valence-corrected chi connectivity index (χ2v) is 6.14. The first-order valence-corrected chi connectivity index (χ1v) is 8.17. The van der Waals surface area contributed by atoms with Gasteiger partial charge in [-0.25, -0.2) is 4.79 Å². The topological polar surface area (TPSA) is 83.0 Å². The van der Waals surface area contributed by atoms with E-state index in [1.54, 1.807) is 17.3 Å². The van der Waals surface area contributed by atoms with Crippen molar-refractivity contribution in [3.63, 3.8) is 0 Å². The standard InChI is InChI=1S/C16H18F3N5O2/c17-16(18,19)10-23-6-3-4-12(14(23)25)22-15(26)24-7-2-1-5-13(24)11-8-20-21-9-11/h3-4,6,8-9,13H,1-2,5,7,10H2,(H,20,21)(H,22,26)/t13-/m1/s1. The molecule has 3 heterocycles. The van der Waals surface area contributed by atoms with Gasteiger partial charge in [-0.05, 0) is 31.4 Å². The third-order valence-electron chi connectivity index (χ3n) is 4.28. The number of anilines is 1. The molecular weight excluding hydrogens is 351 g/mol. The van der Waals surface area contributed by atoms with E-state index in [9.17, 15) is 22.8 Å². The zero-order valence-electron chi connectivity index (χ0n) is 13.8. The highest BCUT2D eigenvalue weighted by Crippen LogP contribution is 2.30. The van der Waals surface area contributed by atoms with E-state index in [2.05, 4.69) is 15.5 Å². The number of nitrogens with zero attached hydrogens (tertiary/aromatic N) is 3. The molecule has 1 saturated heterocycles. The third kappa shape index (κ3) is 4.06. The molecule has 1 aliphatic rings. The summed E-state index contributed by atoms with van der Waals surface area (Å²) in [5.41, 5.74) is -0.226. The predicted octanol–water partition coefficient (Wildman–Crippen LogP) is 2.89. The summed E-state index contributed by atoms with van der Waals surface area (Å²) in [5, 5.41) is 9.05. The maximum Gasteiger partial charge on any atom is 0.406 e. The number of aromatic nitrogens is 3. The van der Waals surface area contributed by atoms with E-state index in [-0.39, 0.29) is 11.7 Å². The second-order valence-electron chi connectivity index (χ2n) is 6.14. The lowest BCUT2D eigenvalue weighted by Gasteiger charge is -2.35. The van der Waals surface area contributed by atoms with Gasteiger partial charge in [0.1, 0.15) is 12.2 Å². The zero-order valence-corrected chi connectivity index (χ0v) is 13.8. The Bertz CT molecular complexity index is 816. The molecule has 26 heavy (non-hydrogen) atoms. The van der Waals surface area contributed by atoms with Crippen molar-refractivity contribution in [1.29, 1.82) is 0 Å². The van der Waals surface area contributed by atoms with Gasteiger partial charge in [0.05, 0.1) is 12.2 Å². The molecule has 3 rings (SSSR count). The minimum absolute atomic E-state index is 0.182. The van der Waals surface area contributed by atoms with Crippen molar-refractivity contribution < 1.29 is 18.0 Å². The van der Waals surface area contributed by atoms with Crippen LogP contribution in [0.1, 0.15) is 30.9 Å². The van der Waals surface area contributed by atoms with Crippen LogP contribution >= 0.6 is 0 Å². The Morgan fingerprint density at radius 1 is 1.38 bits per heavy atom. The number of aromatic amines is 1. The fourth-order valence-corrected chi connectivity index (χ4v) is 3.10. The molecular formula is C16H18F3N5O2. The zero-order chi connectivity index (χ0) is 18.7. The number of nitrogens with one attached hydrogen (secondary N) is 2. The minimum Gasteiger partial charge on any atom is -0.317 e. The number of H-pyrrole nitrogens is 1. The lowest BCUT2D eigenvalue weighted by atomic mass is 9.98. The Balaban J connectivity index is 1.79. The summed E-state index contributed by atoms with van der Waals surface area (Å²) < 4.78 is 38.2. The second kappa shape index (κ2) is 7.22. The fourth-order valence-electron chi connectivity index (χ4n) is 3.10. The first-order valence-electron chi connectivity index (χ1n) is 8.17. The Kier molecular flexibility index (Phi) is 5.01. The van der Waals surface area contributed by atoms with Crippen LogP contribution in [0.5, 0.6) is 0 Å². The van der Waals surface area contributed by atoms with Crippen LogP contribution in [0.4, 0.5) is 23.7 Å². The van der Waals surface area contributed by atoms with E-state index >= 15 is 0 Å². The van der Waals surface area contributed by atoms with Gasteiger partial charge in [-0.3, -0.25) is 9.89 Å². The Hall–Kier alpha value is -2.78. The van der Waals surface area contributed by atoms with Gasteiger partial charge in [0.2, 0.25) is 0 Å². The van der Waals surface area contributed by atoms with E-state index in [1.807, 2.05) is 0 Å². The molecule has 140 valence electrons. The molecule has 0 unspecified atom stereocenters. The summed E-state index contributed by atoms with van der Waals surface area (Å²) in [4.78, 5) is 26.4. The highest BCUT2D eigenvalue weighted by molar-refractivity contribution is 5.89. The van der Waals surface area contributed by atoms with Crippen LogP contribution in [-0.2, 0) is 6.54 Å². The number of hydrogen-bond acceptors (Lipinski definition) is 3. The SMILES string of the molecule is O=C(Nc1cccn(CC(F)(F)F)c1=O)N1CCCC[C@@H]1c1cn[nH]c1. The molecule has 0 spiro atoms. The van der Waals surface area contributed by atoms with Crippen LogP contribution in [-0.4, -0.2) is 38.4 Å². The highest BCUT2D eigenvalue weighted by Gasteiger charge is 2.30. The van der Waals surface area contributed by atoms with Crippen molar-refractivity contribution in [1.82, 2.24) is 19.7 Å². The van der Waals surface area contributed by atoms with Gasteiger partial charge in [-0.1, -0.05) is 0 Å². The summed E-state index contributed by atoms with van der Waals surface area (Å²) >= 11 is 0. The molecule has 2 N–H and O–H groups in total. The Morgan fingerprint density at radius 2 is 2.19 bits per heavy atom. The monoisotopic (exact) mass is 369 g/mol. The van der Waals surface area contributed by atoms with Crippen molar-refractivity contribution in [2.45, 2.75) is 38.0 Å². The Morgan fingerprint density at radius 3 is 2.88 bits per heavy atom. The molecule has 1 atom stereocenters. The maximum absolute atomic E-state index is 12.6. The fraction of sp³-hybridized carbons (Fsp3) is 0.438. The Labute approximate surface area is 146 Å². The van der Waals surface area contributed by atoms with Gasteiger partial charge in [0.25, 0.3) is 5.56 Å². The number of urea groups is 1. The van der Waals surface area contributed by atoms with Crippen molar-refractivity contribution >= 4 is 11.7 Å². The van der Waals surface area contributed by atoms with Crippen molar-refractivity contribution in [2.24, 2.45) is 0 Å². The smallest absolute Gasteiger partial charge is 0.317 e. The van der Waals surface area contributed by atoms with Crippen molar-refractivity contribution in [3.05, 3.63) is 46.6 Å². The maximum atomic E-state index is 12.6. The number of rotatable bonds is 3. The molecule has 0 aromatic carbocycles. The van der Waals surface area contributed by atoms with Gasteiger partial charge in [0.15, 0.2) is 0 Å². The van der Waals surface area contributed by atoms with Crippen LogP contribution in [0.15, 0.2) is 35.5 Å². The van der Waals surface area contributed by atoms with Gasteiger partial charge in [0, 0.05) is 24.5 Å². The number of halogens is 3. The summed E-state index contributed by atoms with van der Waals surface area (Å²) in [6, 6.07) is 1.89. The van der Waals surface area contributed by atoms with Crippen LogP contribution in [0, 0.1) is 0 Å². The number of likely N-dealkylation sites (tertiary alicyclic amines) is 1. The molecule has 0 saturated carbocycles. The normalized spacial score (nSPS) is 18.0. The number of hydrogen-bond donors (Lipinski definition) is 2. The quantitative estimate of drug-likeness (QED) is 0.873. The molecule has 7 nitrogen and oxygen atoms in total. The number of alkyl halides is 3. The van der Waals surface area contributed by atoms with E-state index in [4.69, 9.17) is 0 Å². The van der Waals surface area contributed by atoms with E-state index < -0.39 is 24.3 Å². The van der Waals surface area contributed by atoms with Gasteiger partial charge in [-0.2, -0.15) is 18.3 Å². The number of piperidine rings is 1. The van der Waals surface area contributed by atoms with Crippen LogP contribution in [0.25, 0.3) is 0 Å². The number of amides is 2. The first-order chi connectivity index (χ1) is 12.3. The molecule has 2 aromatic rings. The summed E-state index contributed by atoms with van der Waals surface area (Å²) in [6.45, 7) is -0.915. The highest BCUT2D eigenvalue weighted by atomic mass is 19.4. The number of pyridine rings is 1. The molecule has 10 heteroatoms. The van der Waals surface area contributed by atoms with Crippen molar-refractivity contribution in [3.8, 4) is 0 Å². The largest absolute Gasteiger partial charge is 0.406 e. The third-order valence-corrected chi connectivity index (χ3v) is 4.28. The number of carbonyl (C=O) groups is 1. The van der Waals surface area contributed by atoms with E-state index in [1.165, 1.54) is 12.1 Å². The van der Waals surface area contributed by atoms with Crippen LogP contribution in [0.3, 0.4) is 0 Å². The van der Waals surface area contributed by atoms with E-state index in [0.717, 1.165) is 31.0 Å². The average Bonchev–Trinajstić information content (AvgIpc) is 3.11.